The monoisotopic (exact) mass is 445 g/mol. The lowest BCUT2D eigenvalue weighted by atomic mass is 10.0. The van der Waals surface area contributed by atoms with Gasteiger partial charge in [-0.05, 0) is 40.8 Å². The first kappa shape index (κ1) is 22.3. The summed E-state index contributed by atoms with van der Waals surface area (Å²) >= 11 is 0. The molecule has 0 atom stereocenters. The van der Waals surface area contributed by atoms with Crippen molar-refractivity contribution >= 4 is 10.8 Å². The molecular weight excluding hydrogens is 418 g/mol. The summed E-state index contributed by atoms with van der Waals surface area (Å²) in [5.41, 5.74) is 2.85. The molecule has 1 heterocycles. The summed E-state index contributed by atoms with van der Waals surface area (Å²) in [6.07, 6.45) is 0.523. The Morgan fingerprint density at radius 3 is 1.97 bits per heavy atom. The summed E-state index contributed by atoms with van der Waals surface area (Å²) in [5, 5.41) is 1.73. The number of methoxy groups -OCH3 is 4. The molecule has 33 heavy (non-hydrogen) atoms. The number of pyridine rings is 1. The molecule has 0 aliphatic carbocycles. The summed E-state index contributed by atoms with van der Waals surface area (Å²) < 4.78 is 23.7. The van der Waals surface area contributed by atoms with E-state index in [2.05, 4.69) is 0 Å². The fraction of sp³-hybridized carbons (Fsp3) is 0.222. The minimum absolute atomic E-state index is 0.0750. The van der Waals surface area contributed by atoms with Crippen LogP contribution in [0.2, 0.25) is 0 Å². The van der Waals surface area contributed by atoms with Gasteiger partial charge < -0.3 is 23.5 Å². The second kappa shape index (κ2) is 9.69. The van der Waals surface area contributed by atoms with Gasteiger partial charge in [0, 0.05) is 23.6 Å². The predicted octanol–water partition coefficient (Wildman–Crippen LogP) is 4.68. The summed E-state index contributed by atoms with van der Waals surface area (Å²) in [4.78, 5) is 13.3. The number of benzene rings is 3. The molecule has 1 aromatic heterocycles. The van der Waals surface area contributed by atoms with Crippen LogP contribution in [0.25, 0.3) is 10.8 Å². The normalized spacial score (nSPS) is 10.8. The maximum absolute atomic E-state index is 13.3. The Bertz CT molecular complexity index is 1330. The summed E-state index contributed by atoms with van der Waals surface area (Å²) in [6.45, 7) is 0.465. The molecule has 6 nitrogen and oxygen atoms in total. The van der Waals surface area contributed by atoms with Crippen molar-refractivity contribution in [1.82, 2.24) is 4.57 Å². The van der Waals surface area contributed by atoms with E-state index in [4.69, 9.17) is 18.9 Å². The lowest BCUT2D eigenvalue weighted by Gasteiger charge is -2.18. The topological polar surface area (TPSA) is 58.9 Å². The zero-order chi connectivity index (χ0) is 23.4. The van der Waals surface area contributed by atoms with E-state index in [1.54, 1.807) is 34.5 Å². The number of fused-ring (bicyclic) bond motifs is 1. The molecule has 4 rings (SSSR count). The van der Waals surface area contributed by atoms with Crippen molar-refractivity contribution in [2.24, 2.45) is 0 Å². The highest BCUT2D eigenvalue weighted by Gasteiger charge is 2.16. The number of hydrogen-bond donors (Lipinski definition) is 0. The average Bonchev–Trinajstić information content (AvgIpc) is 2.85. The number of ether oxygens (including phenoxy) is 4. The molecule has 0 amide bonds. The maximum Gasteiger partial charge on any atom is 0.251 e. The summed E-state index contributed by atoms with van der Waals surface area (Å²) in [6, 6.07) is 21.2. The van der Waals surface area contributed by atoms with Gasteiger partial charge in [-0.1, -0.05) is 36.4 Å². The second-order valence-electron chi connectivity index (χ2n) is 7.66. The Kier molecular flexibility index (Phi) is 6.54. The van der Waals surface area contributed by atoms with Gasteiger partial charge in [0.2, 0.25) is 0 Å². The fourth-order valence-electron chi connectivity index (χ4n) is 4.07. The van der Waals surface area contributed by atoms with Crippen molar-refractivity contribution in [2.45, 2.75) is 13.0 Å². The van der Waals surface area contributed by atoms with Gasteiger partial charge in [-0.2, -0.15) is 0 Å². The molecule has 4 aromatic rings. The van der Waals surface area contributed by atoms with E-state index in [9.17, 15) is 4.79 Å². The Morgan fingerprint density at radius 1 is 0.667 bits per heavy atom. The number of hydrogen-bond acceptors (Lipinski definition) is 5. The van der Waals surface area contributed by atoms with E-state index in [1.165, 1.54) is 0 Å². The Hall–Kier alpha value is -3.93. The predicted molar refractivity (Wildman–Crippen MR) is 129 cm³/mol. The SMILES string of the molecule is COc1ccc(Cc2c3cc(OC)c(OC)cc3cc(=O)n2Cc2ccccc2)cc1OC. The lowest BCUT2D eigenvalue weighted by molar-refractivity contribution is 0.354. The van der Waals surface area contributed by atoms with E-state index < -0.39 is 0 Å². The first-order valence-electron chi connectivity index (χ1n) is 10.6. The van der Waals surface area contributed by atoms with Crippen LogP contribution in [-0.4, -0.2) is 33.0 Å². The molecule has 6 heteroatoms. The molecule has 0 spiro atoms. The third-order valence-electron chi connectivity index (χ3n) is 5.74. The molecule has 0 saturated carbocycles. The van der Waals surface area contributed by atoms with Crippen LogP contribution in [0.5, 0.6) is 23.0 Å². The van der Waals surface area contributed by atoms with Gasteiger partial charge in [-0.25, -0.2) is 0 Å². The molecule has 0 saturated heterocycles. The highest BCUT2D eigenvalue weighted by molar-refractivity contribution is 5.88. The van der Waals surface area contributed by atoms with Crippen LogP contribution < -0.4 is 24.5 Å². The zero-order valence-electron chi connectivity index (χ0n) is 19.3. The van der Waals surface area contributed by atoms with Crippen LogP contribution in [0.15, 0.2) is 71.5 Å². The lowest BCUT2D eigenvalue weighted by Crippen LogP contribution is -2.24. The van der Waals surface area contributed by atoms with Crippen molar-refractivity contribution in [3.63, 3.8) is 0 Å². The Balaban J connectivity index is 1.93. The van der Waals surface area contributed by atoms with Crippen LogP contribution in [0, 0.1) is 0 Å². The number of aromatic nitrogens is 1. The van der Waals surface area contributed by atoms with Crippen molar-refractivity contribution in [2.75, 3.05) is 28.4 Å². The molecule has 0 aliphatic rings. The Morgan fingerprint density at radius 2 is 1.30 bits per heavy atom. The first-order valence-corrected chi connectivity index (χ1v) is 10.6. The van der Waals surface area contributed by atoms with Crippen LogP contribution in [0.3, 0.4) is 0 Å². The average molecular weight is 446 g/mol. The molecule has 0 radical (unpaired) electrons. The van der Waals surface area contributed by atoms with Crippen LogP contribution >= 0.6 is 0 Å². The van der Waals surface area contributed by atoms with E-state index in [1.807, 2.05) is 65.2 Å². The van der Waals surface area contributed by atoms with E-state index in [0.29, 0.717) is 36.0 Å². The third kappa shape index (κ3) is 4.51. The standard InChI is InChI=1S/C27H27NO5/c1-30-23-11-10-19(13-24(23)31-2)12-22-21-16-26(33-4)25(32-3)14-20(21)15-27(29)28(22)17-18-8-6-5-7-9-18/h5-11,13-16H,12,17H2,1-4H3. The van der Waals surface area contributed by atoms with Gasteiger partial charge in [-0.3, -0.25) is 4.79 Å². The van der Waals surface area contributed by atoms with Crippen molar-refractivity contribution in [3.05, 3.63) is 93.9 Å². The highest BCUT2D eigenvalue weighted by Crippen LogP contribution is 2.35. The number of nitrogens with zero attached hydrogens (tertiary/aromatic N) is 1. The smallest absolute Gasteiger partial charge is 0.251 e. The fourth-order valence-corrected chi connectivity index (χ4v) is 4.07. The maximum atomic E-state index is 13.3. The van der Waals surface area contributed by atoms with Crippen molar-refractivity contribution in [3.8, 4) is 23.0 Å². The van der Waals surface area contributed by atoms with Gasteiger partial charge in [0.15, 0.2) is 23.0 Å². The molecular formula is C27H27NO5. The first-order chi connectivity index (χ1) is 16.1. The molecule has 0 unspecified atom stereocenters. The second-order valence-corrected chi connectivity index (χ2v) is 7.66. The van der Waals surface area contributed by atoms with Gasteiger partial charge in [0.05, 0.1) is 35.0 Å². The van der Waals surface area contributed by atoms with E-state index >= 15 is 0 Å². The van der Waals surface area contributed by atoms with Gasteiger partial charge in [0.1, 0.15) is 0 Å². The van der Waals surface area contributed by atoms with Gasteiger partial charge in [0.25, 0.3) is 5.56 Å². The largest absolute Gasteiger partial charge is 0.493 e. The quantitative estimate of drug-likeness (QED) is 0.394. The zero-order valence-corrected chi connectivity index (χ0v) is 19.3. The van der Waals surface area contributed by atoms with Crippen LogP contribution in [-0.2, 0) is 13.0 Å². The summed E-state index contributed by atoms with van der Waals surface area (Å²) in [5.74, 6) is 2.50. The van der Waals surface area contributed by atoms with E-state index in [-0.39, 0.29) is 5.56 Å². The van der Waals surface area contributed by atoms with Gasteiger partial charge >= 0.3 is 0 Å². The molecule has 0 fully saturated rings. The minimum atomic E-state index is -0.0750. The molecule has 0 bridgehead atoms. The highest BCUT2D eigenvalue weighted by atomic mass is 16.5. The molecule has 3 aromatic carbocycles. The van der Waals surface area contributed by atoms with Crippen molar-refractivity contribution in [1.29, 1.82) is 0 Å². The van der Waals surface area contributed by atoms with Crippen LogP contribution in [0.4, 0.5) is 0 Å². The van der Waals surface area contributed by atoms with Crippen molar-refractivity contribution < 1.29 is 18.9 Å². The molecule has 0 aliphatic heterocycles. The minimum Gasteiger partial charge on any atom is -0.493 e. The summed E-state index contributed by atoms with van der Waals surface area (Å²) in [7, 11) is 6.42. The third-order valence-corrected chi connectivity index (χ3v) is 5.74. The van der Waals surface area contributed by atoms with E-state index in [0.717, 1.165) is 27.6 Å². The number of rotatable bonds is 8. The molecule has 170 valence electrons. The van der Waals surface area contributed by atoms with Crippen LogP contribution in [0.1, 0.15) is 16.8 Å². The van der Waals surface area contributed by atoms with Gasteiger partial charge in [-0.15, -0.1) is 0 Å². The molecule has 0 N–H and O–H groups in total. The Labute approximate surface area is 192 Å².